The maximum atomic E-state index is 12.5. The van der Waals surface area contributed by atoms with Gasteiger partial charge in [-0.3, -0.25) is 14.4 Å². The second-order valence-corrected chi connectivity index (χ2v) is 6.63. The van der Waals surface area contributed by atoms with Crippen molar-refractivity contribution in [2.45, 2.75) is 19.7 Å². The smallest absolute Gasteiger partial charge is 0.496 e. The number of nitrogens with zero attached hydrogens (tertiary/aromatic N) is 1. The number of ether oxygens (including phenoxy) is 2. The zero-order chi connectivity index (χ0) is 23.2. The van der Waals surface area contributed by atoms with Gasteiger partial charge in [-0.25, -0.2) is 0 Å². The standard InChI is InChI=1S/C21H21F3N2O5/c1-13(27)14-4-9-18(30-3)15(10-14)11-20(29)26(2)12-19(28)25-16-5-7-17(8-6-16)31-21(22,23)24/h4-10H,11-12H2,1-3H3,(H,25,28). The largest absolute Gasteiger partial charge is 0.573 e. The number of nitrogens with one attached hydrogen (secondary N) is 1. The highest BCUT2D eigenvalue weighted by molar-refractivity contribution is 5.96. The molecule has 2 amide bonds. The third-order valence-electron chi connectivity index (χ3n) is 4.21. The number of carbonyl (C=O) groups excluding carboxylic acids is 3. The highest BCUT2D eigenvalue weighted by Crippen LogP contribution is 2.24. The van der Waals surface area contributed by atoms with Crippen LogP contribution in [0.1, 0.15) is 22.8 Å². The summed E-state index contributed by atoms with van der Waals surface area (Å²) in [5, 5.41) is 2.49. The van der Waals surface area contributed by atoms with E-state index in [0.717, 1.165) is 12.1 Å². The van der Waals surface area contributed by atoms with Crippen molar-refractivity contribution in [2.24, 2.45) is 0 Å². The van der Waals surface area contributed by atoms with Crippen LogP contribution < -0.4 is 14.8 Å². The lowest BCUT2D eigenvalue weighted by molar-refractivity contribution is -0.274. The van der Waals surface area contributed by atoms with Crippen molar-refractivity contribution in [1.82, 2.24) is 4.90 Å². The number of benzene rings is 2. The van der Waals surface area contributed by atoms with Gasteiger partial charge in [0.15, 0.2) is 5.78 Å². The molecule has 0 unspecified atom stereocenters. The number of alkyl halides is 3. The van der Waals surface area contributed by atoms with Crippen molar-refractivity contribution in [3.63, 3.8) is 0 Å². The van der Waals surface area contributed by atoms with E-state index < -0.39 is 18.0 Å². The Bertz CT molecular complexity index is 958. The van der Waals surface area contributed by atoms with Crippen LogP contribution in [0.2, 0.25) is 0 Å². The average molecular weight is 438 g/mol. The normalized spacial score (nSPS) is 10.9. The van der Waals surface area contributed by atoms with Crippen molar-refractivity contribution in [2.75, 3.05) is 26.0 Å². The summed E-state index contributed by atoms with van der Waals surface area (Å²) < 4.78 is 45.5. The van der Waals surface area contributed by atoms with Crippen molar-refractivity contribution < 1.29 is 37.0 Å². The number of carbonyl (C=O) groups is 3. The van der Waals surface area contributed by atoms with Gasteiger partial charge in [0.2, 0.25) is 11.8 Å². The van der Waals surface area contributed by atoms with Gasteiger partial charge in [0.25, 0.3) is 0 Å². The first-order chi connectivity index (χ1) is 14.5. The van der Waals surface area contributed by atoms with E-state index >= 15 is 0 Å². The van der Waals surface area contributed by atoms with Crippen LogP contribution in [-0.2, 0) is 16.0 Å². The summed E-state index contributed by atoms with van der Waals surface area (Å²) in [4.78, 5) is 37.4. The molecule has 2 aromatic carbocycles. The van der Waals surface area contributed by atoms with E-state index in [9.17, 15) is 27.6 Å². The van der Waals surface area contributed by atoms with E-state index in [1.54, 1.807) is 18.2 Å². The highest BCUT2D eigenvalue weighted by Gasteiger charge is 2.31. The Balaban J connectivity index is 1.96. The fourth-order valence-corrected chi connectivity index (χ4v) is 2.68. The molecule has 2 rings (SSSR count). The molecule has 31 heavy (non-hydrogen) atoms. The SMILES string of the molecule is COc1ccc(C(C)=O)cc1CC(=O)N(C)CC(=O)Nc1ccc(OC(F)(F)F)cc1. The van der Waals surface area contributed by atoms with Gasteiger partial charge in [0.05, 0.1) is 20.1 Å². The van der Waals surface area contributed by atoms with Crippen molar-refractivity contribution in [3.8, 4) is 11.5 Å². The lowest BCUT2D eigenvalue weighted by Crippen LogP contribution is -2.35. The molecule has 0 bridgehead atoms. The summed E-state index contributed by atoms with van der Waals surface area (Å²) in [5.74, 6) is -1.06. The fourth-order valence-electron chi connectivity index (χ4n) is 2.68. The van der Waals surface area contributed by atoms with Crippen LogP contribution >= 0.6 is 0 Å². The second-order valence-electron chi connectivity index (χ2n) is 6.63. The maximum Gasteiger partial charge on any atom is 0.573 e. The summed E-state index contributed by atoms with van der Waals surface area (Å²) >= 11 is 0. The number of anilines is 1. The molecule has 7 nitrogen and oxygen atoms in total. The van der Waals surface area contributed by atoms with Crippen LogP contribution in [0.4, 0.5) is 18.9 Å². The Hall–Kier alpha value is -3.56. The molecule has 166 valence electrons. The van der Waals surface area contributed by atoms with E-state index in [2.05, 4.69) is 10.1 Å². The molecule has 0 saturated carbocycles. The summed E-state index contributed by atoms with van der Waals surface area (Å²) in [5.41, 5.74) is 1.19. The molecule has 0 fully saturated rings. The molecule has 0 aliphatic rings. The minimum atomic E-state index is -4.81. The summed E-state index contributed by atoms with van der Waals surface area (Å²) in [7, 11) is 2.88. The van der Waals surface area contributed by atoms with Crippen LogP contribution in [0.5, 0.6) is 11.5 Å². The molecule has 0 saturated heterocycles. The molecule has 0 radical (unpaired) electrons. The lowest BCUT2D eigenvalue weighted by atomic mass is 10.0. The number of halogens is 3. The summed E-state index contributed by atoms with van der Waals surface area (Å²) in [6.45, 7) is 1.13. The van der Waals surface area contributed by atoms with E-state index in [1.807, 2.05) is 0 Å². The monoisotopic (exact) mass is 438 g/mol. The van der Waals surface area contributed by atoms with E-state index in [-0.39, 0.29) is 30.3 Å². The maximum absolute atomic E-state index is 12.5. The number of Topliss-reactive ketones (excluding diaryl/α,β-unsaturated/α-hetero) is 1. The van der Waals surface area contributed by atoms with Crippen LogP contribution in [0, 0.1) is 0 Å². The van der Waals surface area contributed by atoms with Crippen LogP contribution in [0.3, 0.4) is 0 Å². The van der Waals surface area contributed by atoms with Gasteiger partial charge in [0, 0.05) is 23.9 Å². The quantitative estimate of drug-likeness (QED) is 0.639. The van der Waals surface area contributed by atoms with Crippen LogP contribution in [0.25, 0.3) is 0 Å². The Kier molecular flexibility index (Phi) is 7.62. The lowest BCUT2D eigenvalue weighted by Gasteiger charge is -2.18. The zero-order valence-electron chi connectivity index (χ0n) is 17.1. The Morgan fingerprint density at radius 3 is 2.26 bits per heavy atom. The highest BCUT2D eigenvalue weighted by atomic mass is 19.4. The number of methoxy groups -OCH3 is 1. The van der Waals surface area contributed by atoms with Crippen molar-refractivity contribution >= 4 is 23.3 Å². The Morgan fingerprint density at radius 1 is 1.06 bits per heavy atom. The molecule has 10 heteroatoms. The number of hydrogen-bond acceptors (Lipinski definition) is 5. The average Bonchev–Trinajstić information content (AvgIpc) is 2.68. The number of ketones is 1. The van der Waals surface area contributed by atoms with Gasteiger partial charge in [-0.1, -0.05) is 0 Å². The molecule has 1 N–H and O–H groups in total. The van der Waals surface area contributed by atoms with Gasteiger partial charge >= 0.3 is 6.36 Å². The predicted octanol–water partition coefficient (Wildman–Crippen LogP) is 3.44. The third kappa shape index (κ3) is 7.32. The number of amides is 2. The summed E-state index contributed by atoms with van der Waals surface area (Å²) in [6.07, 6.45) is -4.89. The minimum Gasteiger partial charge on any atom is -0.496 e. The molecular weight excluding hydrogens is 417 g/mol. The molecule has 0 aliphatic heterocycles. The summed E-state index contributed by atoms with van der Waals surface area (Å²) in [6, 6.07) is 9.38. The van der Waals surface area contributed by atoms with Crippen LogP contribution in [0.15, 0.2) is 42.5 Å². The molecule has 0 atom stereocenters. The van der Waals surface area contributed by atoms with E-state index in [4.69, 9.17) is 4.74 Å². The third-order valence-corrected chi connectivity index (χ3v) is 4.21. The van der Waals surface area contributed by atoms with E-state index in [0.29, 0.717) is 16.9 Å². The first-order valence-corrected chi connectivity index (χ1v) is 9.06. The van der Waals surface area contributed by atoms with Gasteiger partial charge in [-0.05, 0) is 49.4 Å². The molecular formula is C21H21F3N2O5. The van der Waals surface area contributed by atoms with Crippen molar-refractivity contribution in [3.05, 3.63) is 53.6 Å². The van der Waals surface area contributed by atoms with Gasteiger partial charge in [-0.2, -0.15) is 0 Å². The van der Waals surface area contributed by atoms with Gasteiger partial charge < -0.3 is 19.7 Å². The predicted molar refractivity (Wildman–Crippen MR) is 106 cm³/mol. The zero-order valence-corrected chi connectivity index (χ0v) is 17.1. The molecule has 0 aliphatic carbocycles. The molecule has 2 aromatic rings. The topological polar surface area (TPSA) is 84.9 Å². The fraction of sp³-hybridized carbons (Fsp3) is 0.286. The number of likely N-dealkylation sites (N-methyl/N-ethyl adjacent to an activating group) is 1. The molecule has 0 aromatic heterocycles. The molecule has 0 spiro atoms. The van der Waals surface area contributed by atoms with Crippen LogP contribution in [-0.4, -0.2) is 49.6 Å². The first-order valence-electron chi connectivity index (χ1n) is 9.06. The minimum absolute atomic E-state index is 0.0858. The number of hydrogen-bond donors (Lipinski definition) is 1. The Morgan fingerprint density at radius 2 is 1.71 bits per heavy atom. The van der Waals surface area contributed by atoms with Gasteiger partial charge in [-0.15, -0.1) is 13.2 Å². The second kappa shape index (κ2) is 9.96. The van der Waals surface area contributed by atoms with E-state index in [1.165, 1.54) is 38.1 Å². The number of rotatable bonds is 8. The first kappa shape index (κ1) is 23.7. The molecule has 0 heterocycles. The van der Waals surface area contributed by atoms with Crippen molar-refractivity contribution in [1.29, 1.82) is 0 Å². The Labute approximate surface area is 176 Å². The van der Waals surface area contributed by atoms with Gasteiger partial charge in [0.1, 0.15) is 11.5 Å².